The number of carbonyl (C=O) groups excluding carboxylic acids is 2. The molecular weight excluding hydrogens is 372 g/mol. The third kappa shape index (κ3) is 3.70. The van der Waals surface area contributed by atoms with Gasteiger partial charge in [0.25, 0.3) is 5.91 Å². The molecule has 0 radical (unpaired) electrons. The van der Waals surface area contributed by atoms with Crippen LogP contribution in [0.4, 0.5) is 0 Å². The highest BCUT2D eigenvalue weighted by Crippen LogP contribution is 2.45. The number of carbonyl (C=O) groups is 2. The molecule has 4 rings (SSSR count). The summed E-state index contributed by atoms with van der Waals surface area (Å²) in [6.07, 6.45) is 0.444. The van der Waals surface area contributed by atoms with Crippen LogP contribution in [0, 0.1) is 5.92 Å². The zero-order valence-corrected chi connectivity index (χ0v) is 17.7. The Bertz CT molecular complexity index is 1050. The van der Waals surface area contributed by atoms with Crippen molar-refractivity contribution in [2.24, 2.45) is 5.92 Å². The molecule has 0 saturated heterocycles. The molecule has 0 aliphatic heterocycles. The van der Waals surface area contributed by atoms with Crippen molar-refractivity contribution in [3.05, 3.63) is 83.0 Å². The Morgan fingerprint density at radius 3 is 2.30 bits per heavy atom. The SMILES string of the molecule is CC(C)CNC(=O)c1c(-c2ccccc2)[nH]c2c1[C@@H](C)[C@H](c1ccccc1)CC2=O. The Morgan fingerprint density at radius 1 is 1.03 bits per heavy atom. The van der Waals surface area contributed by atoms with Crippen LogP contribution in [-0.2, 0) is 0 Å². The van der Waals surface area contributed by atoms with Crippen LogP contribution in [0.1, 0.15) is 71.0 Å². The van der Waals surface area contributed by atoms with Crippen LogP contribution in [0.5, 0.6) is 0 Å². The van der Waals surface area contributed by atoms with Gasteiger partial charge in [-0.15, -0.1) is 0 Å². The standard InChI is InChI=1S/C26H28N2O2/c1-16(2)15-27-26(30)23-22-17(3)20(18-10-6-4-7-11-18)14-21(29)25(22)28-24(23)19-12-8-5-9-13-19/h4-13,16-17,20,28H,14-15H2,1-3H3,(H,27,30)/t17-,20+/m0/s1. The Kier molecular flexibility index (Phi) is 5.58. The van der Waals surface area contributed by atoms with Gasteiger partial charge in [-0.05, 0) is 34.4 Å². The van der Waals surface area contributed by atoms with Gasteiger partial charge < -0.3 is 10.3 Å². The lowest BCUT2D eigenvalue weighted by Gasteiger charge is -2.29. The maximum absolute atomic E-state index is 13.3. The molecule has 0 unspecified atom stereocenters. The van der Waals surface area contributed by atoms with Crippen LogP contribution < -0.4 is 5.32 Å². The summed E-state index contributed by atoms with van der Waals surface area (Å²) < 4.78 is 0. The van der Waals surface area contributed by atoms with Crippen LogP contribution in [0.2, 0.25) is 0 Å². The highest BCUT2D eigenvalue weighted by Gasteiger charge is 2.38. The highest BCUT2D eigenvalue weighted by molar-refractivity contribution is 6.08. The summed E-state index contributed by atoms with van der Waals surface area (Å²) in [7, 11) is 0. The Morgan fingerprint density at radius 2 is 1.67 bits per heavy atom. The van der Waals surface area contributed by atoms with Gasteiger partial charge in [-0.1, -0.05) is 81.4 Å². The molecule has 2 aromatic carbocycles. The fourth-order valence-electron chi connectivity index (χ4n) is 4.42. The van der Waals surface area contributed by atoms with Crippen LogP contribution in [-0.4, -0.2) is 23.2 Å². The van der Waals surface area contributed by atoms with Crippen LogP contribution >= 0.6 is 0 Å². The number of ketones is 1. The summed E-state index contributed by atoms with van der Waals surface area (Å²) >= 11 is 0. The molecule has 4 heteroatoms. The number of H-pyrrole nitrogens is 1. The van der Waals surface area contributed by atoms with Crippen molar-refractivity contribution in [1.29, 1.82) is 0 Å². The van der Waals surface area contributed by atoms with E-state index in [1.165, 1.54) is 0 Å². The first kappa shape index (κ1) is 20.1. The fourth-order valence-corrected chi connectivity index (χ4v) is 4.42. The van der Waals surface area contributed by atoms with Crippen molar-refractivity contribution in [1.82, 2.24) is 10.3 Å². The van der Waals surface area contributed by atoms with Gasteiger partial charge in [0.1, 0.15) is 0 Å². The second-order valence-corrected chi connectivity index (χ2v) is 8.57. The number of aromatic amines is 1. The van der Waals surface area contributed by atoms with E-state index in [0.717, 1.165) is 22.4 Å². The molecule has 2 atom stereocenters. The molecule has 30 heavy (non-hydrogen) atoms. The van der Waals surface area contributed by atoms with Crippen LogP contribution in [0.25, 0.3) is 11.3 Å². The number of hydrogen-bond donors (Lipinski definition) is 2. The first-order valence-corrected chi connectivity index (χ1v) is 10.6. The first-order valence-electron chi connectivity index (χ1n) is 10.6. The molecule has 0 spiro atoms. The molecule has 0 fully saturated rings. The second-order valence-electron chi connectivity index (χ2n) is 8.57. The van der Waals surface area contributed by atoms with Crippen molar-refractivity contribution in [3.63, 3.8) is 0 Å². The van der Waals surface area contributed by atoms with Gasteiger partial charge >= 0.3 is 0 Å². The van der Waals surface area contributed by atoms with Crippen molar-refractivity contribution < 1.29 is 9.59 Å². The molecule has 1 aliphatic carbocycles. The molecule has 3 aromatic rings. The molecule has 1 aromatic heterocycles. The Balaban J connectivity index is 1.85. The minimum absolute atomic E-state index is 0.0496. The number of amides is 1. The summed E-state index contributed by atoms with van der Waals surface area (Å²) in [5.74, 6) is 0.404. The van der Waals surface area contributed by atoms with Gasteiger partial charge in [0, 0.05) is 13.0 Å². The predicted octanol–water partition coefficient (Wildman–Crippen LogP) is 5.54. The number of nitrogens with one attached hydrogen (secondary N) is 2. The quantitative estimate of drug-likeness (QED) is 0.590. The van der Waals surface area contributed by atoms with Crippen LogP contribution in [0.15, 0.2) is 60.7 Å². The monoisotopic (exact) mass is 400 g/mol. The predicted molar refractivity (Wildman–Crippen MR) is 120 cm³/mol. The van der Waals surface area contributed by atoms with Gasteiger partial charge in [-0.2, -0.15) is 0 Å². The summed E-state index contributed by atoms with van der Waals surface area (Å²) in [6, 6.07) is 19.9. The number of benzene rings is 2. The molecule has 1 heterocycles. The fraction of sp³-hybridized carbons (Fsp3) is 0.308. The summed E-state index contributed by atoms with van der Waals surface area (Å²) in [5, 5.41) is 3.06. The van der Waals surface area contributed by atoms with E-state index in [0.29, 0.717) is 30.1 Å². The third-order valence-electron chi connectivity index (χ3n) is 5.97. The van der Waals surface area contributed by atoms with Gasteiger partial charge in [0.05, 0.1) is 17.0 Å². The summed E-state index contributed by atoms with van der Waals surface area (Å²) in [4.78, 5) is 29.8. The van der Waals surface area contributed by atoms with Crippen molar-refractivity contribution in [2.75, 3.05) is 6.54 Å². The Hall–Kier alpha value is -3.14. The van der Waals surface area contributed by atoms with Crippen molar-refractivity contribution >= 4 is 11.7 Å². The highest BCUT2D eigenvalue weighted by atomic mass is 16.1. The van der Waals surface area contributed by atoms with Gasteiger partial charge in [0.2, 0.25) is 0 Å². The van der Waals surface area contributed by atoms with Crippen molar-refractivity contribution in [3.8, 4) is 11.3 Å². The van der Waals surface area contributed by atoms with E-state index in [4.69, 9.17) is 0 Å². The van der Waals surface area contributed by atoms with E-state index in [9.17, 15) is 9.59 Å². The van der Waals surface area contributed by atoms with Gasteiger partial charge in [0.15, 0.2) is 5.78 Å². The number of aromatic nitrogens is 1. The average Bonchev–Trinajstić information content (AvgIpc) is 3.17. The molecule has 0 saturated carbocycles. The minimum atomic E-state index is -0.117. The maximum atomic E-state index is 13.3. The lowest BCUT2D eigenvalue weighted by molar-refractivity contribution is 0.0947. The molecule has 1 amide bonds. The van der Waals surface area contributed by atoms with E-state index in [2.05, 4.69) is 43.2 Å². The molecule has 2 N–H and O–H groups in total. The average molecular weight is 401 g/mol. The zero-order valence-electron chi connectivity index (χ0n) is 17.7. The largest absolute Gasteiger partial charge is 0.352 e. The molecule has 0 bridgehead atoms. The van der Waals surface area contributed by atoms with E-state index in [-0.39, 0.29) is 23.5 Å². The second kappa shape index (κ2) is 8.31. The number of fused-ring (bicyclic) bond motifs is 1. The van der Waals surface area contributed by atoms with E-state index < -0.39 is 0 Å². The minimum Gasteiger partial charge on any atom is -0.352 e. The van der Waals surface area contributed by atoms with E-state index >= 15 is 0 Å². The van der Waals surface area contributed by atoms with Crippen LogP contribution in [0.3, 0.4) is 0 Å². The van der Waals surface area contributed by atoms with E-state index in [1.807, 2.05) is 48.5 Å². The van der Waals surface area contributed by atoms with Gasteiger partial charge in [-0.25, -0.2) is 0 Å². The number of rotatable bonds is 5. The first-order chi connectivity index (χ1) is 14.5. The smallest absolute Gasteiger partial charge is 0.253 e. The summed E-state index contributed by atoms with van der Waals surface area (Å²) in [5.41, 5.74) is 4.83. The molecule has 1 aliphatic rings. The topological polar surface area (TPSA) is 62.0 Å². The van der Waals surface area contributed by atoms with E-state index in [1.54, 1.807) is 0 Å². The number of Topliss-reactive ketones (excluding diaryl/α,β-unsaturated/α-hetero) is 1. The maximum Gasteiger partial charge on any atom is 0.253 e. The summed E-state index contributed by atoms with van der Waals surface area (Å²) in [6.45, 7) is 6.87. The zero-order chi connectivity index (χ0) is 21.3. The molecule has 154 valence electrons. The third-order valence-corrected chi connectivity index (χ3v) is 5.97. The Labute approximate surface area is 177 Å². The molecular formula is C26H28N2O2. The number of hydrogen-bond acceptors (Lipinski definition) is 2. The lowest BCUT2D eigenvalue weighted by atomic mass is 9.73. The van der Waals surface area contributed by atoms with Gasteiger partial charge in [-0.3, -0.25) is 9.59 Å². The van der Waals surface area contributed by atoms with Crippen molar-refractivity contribution in [2.45, 2.75) is 39.0 Å². The normalized spacial score (nSPS) is 18.3. The lowest BCUT2D eigenvalue weighted by Crippen LogP contribution is -2.30. The molecule has 4 nitrogen and oxygen atoms in total.